The lowest BCUT2D eigenvalue weighted by atomic mass is 10.2. The molecule has 1 aromatic heterocycles. The molecule has 3 aromatic rings. The number of amides is 1. The first-order chi connectivity index (χ1) is 15.0. The van der Waals surface area contributed by atoms with E-state index in [1.807, 2.05) is 17.5 Å². The second kappa shape index (κ2) is 9.13. The van der Waals surface area contributed by atoms with Crippen molar-refractivity contribution in [2.45, 2.75) is 6.54 Å². The zero-order valence-electron chi connectivity index (χ0n) is 16.2. The van der Waals surface area contributed by atoms with Gasteiger partial charge in [0.1, 0.15) is 24.8 Å². The number of nitrogens with zero attached hydrogens (tertiary/aromatic N) is 1. The van der Waals surface area contributed by atoms with Gasteiger partial charge in [0.05, 0.1) is 12.1 Å². The number of halogens is 2. The maximum absolute atomic E-state index is 13.8. The monoisotopic (exact) mass is 445 g/mol. The molecule has 0 N–H and O–H groups in total. The molecule has 31 heavy (non-hydrogen) atoms. The number of carbonyl (C=O) groups excluding carboxylic acids is 2. The number of esters is 1. The van der Waals surface area contributed by atoms with Crippen LogP contribution < -0.4 is 14.4 Å². The highest BCUT2D eigenvalue weighted by Crippen LogP contribution is 2.34. The summed E-state index contributed by atoms with van der Waals surface area (Å²) in [5, 5.41) is 1.89. The van der Waals surface area contributed by atoms with E-state index in [-0.39, 0.29) is 6.54 Å². The molecule has 6 nitrogen and oxygen atoms in total. The van der Waals surface area contributed by atoms with Crippen LogP contribution in [0.1, 0.15) is 15.2 Å². The molecular weight excluding hydrogens is 428 g/mol. The van der Waals surface area contributed by atoms with Crippen molar-refractivity contribution in [3.8, 4) is 11.5 Å². The largest absolute Gasteiger partial charge is 0.486 e. The highest BCUT2D eigenvalue weighted by atomic mass is 32.1. The van der Waals surface area contributed by atoms with Crippen LogP contribution in [0, 0.1) is 11.6 Å². The van der Waals surface area contributed by atoms with Gasteiger partial charge in [-0.1, -0.05) is 6.07 Å². The molecule has 2 aromatic carbocycles. The van der Waals surface area contributed by atoms with Gasteiger partial charge in [-0.3, -0.25) is 4.79 Å². The molecule has 0 saturated carbocycles. The molecular formula is C22H17F2NO5S. The molecule has 0 aliphatic carbocycles. The van der Waals surface area contributed by atoms with Crippen molar-refractivity contribution >= 4 is 28.9 Å². The number of ether oxygens (including phenoxy) is 3. The van der Waals surface area contributed by atoms with Gasteiger partial charge in [-0.05, 0) is 35.7 Å². The smallest absolute Gasteiger partial charge is 0.341 e. The fourth-order valence-corrected chi connectivity index (χ4v) is 3.71. The van der Waals surface area contributed by atoms with Crippen LogP contribution in [0.15, 0.2) is 53.9 Å². The predicted octanol–water partition coefficient (Wildman–Crippen LogP) is 4.19. The standard InChI is InChI=1S/C22H17F2NO5S/c23-14-3-5-17(18(24)10-14)22(27)30-13-21(26)25(12-16-2-1-9-31-16)15-4-6-19-20(11-15)29-8-7-28-19/h1-6,9-11H,7-8,12-13H2. The number of benzene rings is 2. The molecule has 1 amide bonds. The van der Waals surface area contributed by atoms with Crippen LogP contribution in [-0.2, 0) is 16.1 Å². The number of fused-ring (bicyclic) bond motifs is 1. The van der Waals surface area contributed by atoms with Gasteiger partial charge in [0.2, 0.25) is 0 Å². The summed E-state index contributed by atoms with van der Waals surface area (Å²) in [6, 6.07) is 11.3. The lowest BCUT2D eigenvalue weighted by molar-refractivity contribution is -0.121. The summed E-state index contributed by atoms with van der Waals surface area (Å²) in [4.78, 5) is 27.5. The van der Waals surface area contributed by atoms with Crippen LogP contribution in [0.3, 0.4) is 0 Å². The summed E-state index contributed by atoms with van der Waals surface area (Å²) in [5.41, 5.74) is 0.0880. The average molecular weight is 445 g/mol. The van der Waals surface area contributed by atoms with Crippen molar-refractivity contribution in [2.75, 3.05) is 24.7 Å². The second-order valence-electron chi connectivity index (χ2n) is 6.59. The van der Waals surface area contributed by atoms with E-state index in [0.717, 1.165) is 17.0 Å². The van der Waals surface area contributed by atoms with E-state index in [9.17, 15) is 18.4 Å². The van der Waals surface area contributed by atoms with Crippen molar-refractivity contribution in [3.63, 3.8) is 0 Å². The molecule has 0 atom stereocenters. The first-order valence-electron chi connectivity index (χ1n) is 9.36. The van der Waals surface area contributed by atoms with Crippen LogP contribution >= 0.6 is 11.3 Å². The first kappa shape index (κ1) is 20.8. The van der Waals surface area contributed by atoms with Crippen LogP contribution in [0.2, 0.25) is 0 Å². The molecule has 9 heteroatoms. The average Bonchev–Trinajstić information content (AvgIpc) is 3.28. The summed E-state index contributed by atoms with van der Waals surface area (Å²) in [5.74, 6) is -2.34. The third-order valence-electron chi connectivity index (χ3n) is 4.51. The fourth-order valence-electron chi connectivity index (χ4n) is 3.02. The fraction of sp³-hybridized carbons (Fsp3) is 0.182. The van der Waals surface area contributed by atoms with Crippen molar-refractivity contribution in [1.82, 2.24) is 0 Å². The summed E-state index contributed by atoms with van der Waals surface area (Å²) in [7, 11) is 0. The van der Waals surface area contributed by atoms with Crippen LogP contribution in [-0.4, -0.2) is 31.7 Å². The van der Waals surface area contributed by atoms with Gasteiger partial charge >= 0.3 is 5.97 Å². The topological polar surface area (TPSA) is 65.1 Å². The lowest BCUT2D eigenvalue weighted by Crippen LogP contribution is -2.34. The van der Waals surface area contributed by atoms with Crippen molar-refractivity contribution in [1.29, 1.82) is 0 Å². The number of thiophene rings is 1. The number of hydrogen-bond donors (Lipinski definition) is 0. The molecule has 160 valence electrons. The number of carbonyl (C=O) groups is 2. The van der Waals surface area contributed by atoms with E-state index in [2.05, 4.69) is 0 Å². The van der Waals surface area contributed by atoms with Gasteiger partial charge in [0.25, 0.3) is 5.91 Å². The Morgan fingerprint density at radius 3 is 2.58 bits per heavy atom. The predicted molar refractivity (Wildman–Crippen MR) is 110 cm³/mol. The van der Waals surface area contributed by atoms with E-state index < -0.39 is 35.7 Å². The Morgan fingerprint density at radius 1 is 1.03 bits per heavy atom. The molecule has 0 unspecified atom stereocenters. The summed E-state index contributed by atoms with van der Waals surface area (Å²) >= 11 is 1.47. The van der Waals surface area contributed by atoms with Gasteiger partial charge in [-0.15, -0.1) is 11.3 Å². The molecule has 0 fully saturated rings. The zero-order chi connectivity index (χ0) is 21.8. The Kier molecular flexibility index (Phi) is 6.13. The van der Waals surface area contributed by atoms with Gasteiger partial charge in [-0.25, -0.2) is 13.6 Å². The van der Waals surface area contributed by atoms with Crippen LogP contribution in [0.25, 0.3) is 0 Å². The van der Waals surface area contributed by atoms with E-state index in [1.165, 1.54) is 16.2 Å². The molecule has 1 aliphatic heterocycles. The van der Waals surface area contributed by atoms with Crippen LogP contribution in [0.4, 0.5) is 14.5 Å². The summed E-state index contributed by atoms with van der Waals surface area (Å²) < 4.78 is 43.0. The Labute approximate surface area is 180 Å². The molecule has 1 aliphatic rings. The second-order valence-corrected chi connectivity index (χ2v) is 7.62. The van der Waals surface area contributed by atoms with Crippen molar-refractivity contribution < 1.29 is 32.6 Å². The van der Waals surface area contributed by atoms with Gasteiger partial charge in [0.15, 0.2) is 18.1 Å². The minimum Gasteiger partial charge on any atom is -0.486 e. The minimum atomic E-state index is -1.06. The maximum Gasteiger partial charge on any atom is 0.341 e. The Bertz CT molecular complexity index is 1100. The van der Waals surface area contributed by atoms with Crippen molar-refractivity contribution in [3.05, 3.63) is 76.0 Å². The highest BCUT2D eigenvalue weighted by Gasteiger charge is 2.23. The Hall–Kier alpha value is -3.46. The molecule has 2 heterocycles. The quantitative estimate of drug-likeness (QED) is 0.533. The van der Waals surface area contributed by atoms with Crippen molar-refractivity contribution in [2.24, 2.45) is 0 Å². The van der Waals surface area contributed by atoms with Gasteiger partial charge in [-0.2, -0.15) is 0 Å². The van der Waals surface area contributed by atoms with Crippen LogP contribution in [0.5, 0.6) is 11.5 Å². The summed E-state index contributed by atoms with van der Waals surface area (Å²) in [6.07, 6.45) is 0. The molecule has 4 rings (SSSR count). The summed E-state index contributed by atoms with van der Waals surface area (Å²) in [6.45, 7) is 0.477. The normalized spacial score (nSPS) is 12.3. The Balaban J connectivity index is 1.52. The zero-order valence-corrected chi connectivity index (χ0v) is 17.0. The molecule has 0 bridgehead atoms. The third kappa shape index (κ3) is 4.83. The molecule has 0 radical (unpaired) electrons. The van der Waals surface area contributed by atoms with E-state index >= 15 is 0 Å². The molecule has 0 spiro atoms. The van der Waals surface area contributed by atoms with E-state index in [4.69, 9.17) is 14.2 Å². The minimum absolute atomic E-state index is 0.249. The number of rotatable bonds is 6. The third-order valence-corrected chi connectivity index (χ3v) is 5.37. The maximum atomic E-state index is 13.8. The van der Waals surface area contributed by atoms with Gasteiger partial charge < -0.3 is 19.1 Å². The first-order valence-corrected chi connectivity index (χ1v) is 10.2. The van der Waals surface area contributed by atoms with Gasteiger partial charge in [0, 0.05) is 22.7 Å². The lowest BCUT2D eigenvalue weighted by Gasteiger charge is -2.25. The Morgan fingerprint density at radius 2 is 1.84 bits per heavy atom. The van der Waals surface area contributed by atoms with E-state index in [1.54, 1.807) is 18.2 Å². The SMILES string of the molecule is O=C(OCC(=O)N(Cc1cccs1)c1ccc2c(c1)OCCO2)c1ccc(F)cc1F. The van der Waals surface area contributed by atoms with E-state index in [0.29, 0.717) is 36.5 Å². The highest BCUT2D eigenvalue weighted by molar-refractivity contribution is 7.09. The number of anilines is 1. The molecule has 0 saturated heterocycles. The number of hydrogen-bond acceptors (Lipinski definition) is 6.